The number of carbonyl (C=O) groups is 1. The van der Waals surface area contributed by atoms with Crippen LogP contribution in [-0.4, -0.2) is 17.7 Å². The molecule has 1 aromatic rings. The first kappa shape index (κ1) is 11.9. The summed E-state index contributed by atoms with van der Waals surface area (Å²) in [5, 5.41) is 6.48. The predicted octanol–water partition coefficient (Wildman–Crippen LogP) is 3.33. The number of nitrogens with one attached hydrogen (secondary N) is 2. The van der Waals surface area contributed by atoms with E-state index in [0.29, 0.717) is 17.2 Å². The number of carbonyl (C=O) groups excluding carboxylic acids is 1. The van der Waals surface area contributed by atoms with E-state index in [1.54, 1.807) is 11.8 Å². The highest BCUT2D eigenvalue weighted by atomic mass is 32.2. The molecule has 1 unspecified atom stereocenters. The van der Waals surface area contributed by atoms with E-state index in [9.17, 15) is 4.79 Å². The van der Waals surface area contributed by atoms with Gasteiger partial charge in [-0.2, -0.15) is 0 Å². The van der Waals surface area contributed by atoms with E-state index in [-0.39, 0.29) is 5.91 Å². The van der Waals surface area contributed by atoms with Crippen molar-refractivity contribution in [2.24, 2.45) is 5.41 Å². The second-order valence-electron chi connectivity index (χ2n) is 5.57. The highest BCUT2D eigenvalue weighted by molar-refractivity contribution is 8.00. The van der Waals surface area contributed by atoms with Gasteiger partial charge in [0.25, 0.3) is 0 Å². The lowest BCUT2D eigenvalue weighted by Crippen LogP contribution is -2.25. The van der Waals surface area contributed by atoms with Crippen molar-refractivity contribution in [3.05, 3.63) is 18.2 Å². The highest BCUT2D eigenvalue weighted by Gasteiger charge is 2.42. The second-order valence-corrected chi connectivity index (χ2v) is 6.59. The molecule has 0 spiro atoms. The Hall–Kier alpha value is -1.16. The molecular formula is C14H18N2OS. The van der Waals surface area contributed by atoms with E-state index in [4.69, 9.17) is 0 Å². The molecule has 1 heterocycles. The molecule has 2 N–H and O–H groups in total. The molecule has 1 aliphatic carbocycles. The first-order valence-electron chi connectivity index (χ1n) is 6.40. The summed E-state index contributed by atoms with van der Waals surface area (Å²) < 4.78 is 0. The zero-order valence-electron chi connectivity index (χ0n) is 10.7. The molecule has 1 aromatic carbocycles. The molecule has 96 valence electrons. The quantitative estimate of drug-likeness (QED) is 0.878. The third kappa shape index (κ3) is 2.21. The molecule has 1 atom stereocenters. The topological polar surface area (TPSA) is 41.1 Å². The predicted molar refractivity (Wildman–Crippen MR) is 76.2 cm³/mol. The van der Waals surface area contributed by atoms with E-state index in [1.165, 1.54) is 12.8 Å². The molecule has 3 nitrogen and oxygen atoms in total. The lowest BCUT2D eigenvalue weighted by molar-refractivity contribution is -0.113. The minimum atomic E-state index is 0.0897. The van der Waals surface area contributed by atoms with Gasteiger partial charge in [0.15, 0.2) is 0 Å². The molecule has 0 aromatic heterocycles. The molecule has 2 aliphatic rings. The number of benzene rings is 1. The molecule has 0 bridgehead atoms. The number of hydrogen-bond donors (Lipinski definition) is 2. The Balaban J connectivity index is 1.77. The largest absolute Gasteiger partial charge is 0.382 e. The van der Waals surface area contributed by atoms with Crippen LogP contribution in [0.2, 0.25) is 0 Å². The van der Waals surface area contributed by atoms with Gasteiger partial charge in [-0.1, -0.05) is 6.92 Å². The molecule has 1 aliphatic heterocycles. The van der Waals surface area contributed by atoms with Crippen molar-refractivity contribution in [3.63, 3.8) is 0 Å². The summed E-state index contributed by atoms with van der Waals surface area (Å²) in [6.45, 7) is 4.56. The molecule has 18 heavy (non-hydrogen) atoms. The van der Waals surface area contributed by atoms with Gasteiger partial charge in [-0.05, 0) is 43.4 Å². The summed E-state index contributed by atoms with van der Waals surface area (Å²) in [5.41, 5.74) is 2.49. The fraction of sp³-hybridized carbons (Fsp3) is 0.500. The summed E-state index contributed by atoms with van der Waals surface area (Å²) in [6.07, 6.45) is 2.61. The van der Waals surface area contributed by atoms with E-state index in [2.05, 4.69) is 36.6 Å². The maximum Gasteiger partial charge on any atom is 0.234 e. The summed E-state index contributed by atoms with van der Waals surface area (Å²) >= 11 is 1.60. The van der Waals surface area contributed by atoms with E-state index >= 15 is 0 Å². The number of fused-ring (bicyclic) bond motifs is 1. The van der Waals surface area contributed by atoms with E-state index in [1.807, 2.05) is 6.07 Å². The standard InChI is InChI=1S/C14H18N2OS/c1-9(14(2)5-6-14)15-10-3-4-12-11(7-10)16-13(17)8-18-12/h3-4,7,9,15H,5-6,8H2,1-2H3,(H,16,17). The average molecular weight is 262 g/mol. The molecule has 1 amide bonds. The first-order valence-corrected chi connectivity index (χ1v) is 7.39. The number of anilines is 2. The molecule has 4 heteroatoms. The fourth-order valence-corrected chi connectivity index (χ4v) is 3.02. The van der Waals surface area contributed by atoms with Crippen molar-refractivity contribution in [1.29, 1.82) is 0 Å². The zero-order chi connectivity index (χ0) is 12.8. The van der Waals surface area contributed by atoms with Crippen LogP contribution in [0.1, 0.15) is 26.7 Å². The number of amides is 1. The van der Waals surface area contributed by atoms with E-state index < -0.39 is 0 Å². The molecule has 1 fully saturated rings. The fourth-order valence-electron chi connectivity index (χ4n) is 2.23. The van der Waals surface area contributed by atoms with Crippen LogP contribution in [-0.2, 0) is 4.79 Å². The summed E-state index contributed by atoms with van der Waals surface area (Å²) in [7, 11) is 0. The number of hydrogen-bond acceptors (Lipinski definition) is 3. The van der Waals surface area contributed by atoms with Gasteiger partial charge in [0.05, 0.1) is 11.4 Å². The van der Waals surface area contributed by atoms with E-state index in [0.717, 1.165) is 16.3 Å². The lowest BCUT2D eigenvalue weighted by Gasteiger charge is -2.23. The maximum atomic E-state index is 11.4. The Morgan fingerprint density at radius 2 is 2.22 bits per heavy atom. The maximum absolute atomic E-state index is 11.4. The Bertz CT molecular complexity index is 497. The van der Waals surface area contributed by atoms with Crippen LogP contribution in [0.15, 0.2) is 23.1 Å². The minimum Gasteiger partial charge on any atom is -0.382 e. The Kier molecular flexibility index (Phi) is 2.77. The van der Waals surface area contributed by atoms with Crippen LogP contribution in [0, 0.1) is 5.41 Å². The van der Waals surface area contributed by atoms with Gasteiger partial charge in [0.1, 0.15) is 0 Å². The number of thioether (sulfide) groups is 1. The Morgan fingerprint density at radius 3 is 2.94 bits per heavy atom. The van der Waals surface area contributed by atoms with Crippen molar-refractivity contribution in [3.8, 4) is 0 Å². The Morgan fingerprint density at radius 1 is 1.44 bits per heavy atom. The van der Waals surface area contributed by atoms with Crippen molar-refractivity contribution >= 4 is 29.0 Å². The third-order valence-electron chi connectivity index (χ3n) is 4.08. The van der Waals surface area contributed by atoms with Crippen LogP contribution < -0.4 is 10.6 Å². The molecular weight excluding hydrogens is 244 g/mol. The van der Waals surface area contributed by atoms with Crippen LogP contribution >= 0.6 is 11.8 Å². The van der Waals surface area contributed by atoms with Gasteiger partial charge in [-0.15, -0.1) is 11.8 Å². The molecule has 0 saturated heterocycles. The normalized spacial score (nSPS) is 21.8. The third-order valence-corrected chi connectivity index (χ3v) is 5.15. The van der Waals surface area contributed by atoms with Crippen LogP contribution in [0.3, 0.4) is 0 Å². The lowest BCUT2D eigenvalue weighted by atomic mass is 10.0. The molecule has 0 radical (unpaired) electrons. The van der Waals surface area contributed by atoms with Crippen molar-refractivity contribution < 1.29 is 4.79 Å². The van der Waals surface area contributed by atoms with Gasteiger partial charge in [-0.25, -0.2) is 0 Å². The smallest absolute Gasteiger partial charge is 0.234 e. The van der Waals surface area contributed by atoms with Crippen molar-refractivity contribution in [2.75, 3.05) is 16.4 Å². The van der Waals surface area contributed by atoms with Gasteiger partial charge in [-0.3, -0.25) is 4.79 Å². The highest BCUT2D eigenvalue weighted by Crippen LogP contribution is 2.49. The summed E-state index contributed by atoms with van der Waals surface area (Å²) in [4.78, 5) is 12.5. The molecule has 1 saturated carbocycles. The van der Waals surface area contributed by atoms with Gasteiger partial charge in [0, 0.05) is 16.6 Å². The van der Waals surface area contributed by atoms with Gasteiger partial charge < -0.3 is 10.6 Å². The van der Waals surface area contributed by atoms with Crippen LogP contribution in [0.5, 0.6) is 0 Å². The summed E-state index contributed by atoms with van der Waals surface area (Å²) in [6, 6.07) is 6.71. The average Bonchev–Trinajstić information content (AvgIpc) is 3.08. The van der Waals surface area contributed by atoms with Gasteiger partial charge >= 0.3 is 0 Å². The summed E-state index contributed by atoms with van der Waals surface area (Å²) in [5.74, 6) is 0.612. The van der Waals surface area contributed by atoms with Crippen molar-refractivity contribution in [1.82, 2.24) is 0 Å². The van der Waals surface area contributed by atoms with Crippen molar-refractivity contribution in [2.45, 2.75) is 37.6 Å². The second kappa shape index (κ2) is 4.19. The Labute approximate surface area is 112 Å². The zero-order valence-corrected chi connectivity index (χ0v) is 11.6. The number of rotatable bonds is 3. The molecule has 3 rings (SSSR count). The SMILES string of the molecule is CC(Nc1ccc2c(c1)NC(=O)CS2)C1(C)CC1. The van der Waals surface area contributed by atoms with Crippen LogP contribution in [0.4, 0.5) is 11.4 Å². The van der Waals surface area contributed by atoms with Gasteiger partial charge in [0.2, 0.25) is 5.91 Å². The monoisotopic (exact) mass is 262 g/mol. The minimum absolute atomic E-state index is 0.0897. The van der Waals surface area contributed by atoms with Crippen LogP contribution in [0.25, 0.3) is 0 Å². The first-order chi connectivity index (χ1) is 8.57.